The van der Waals surface area contributed by atoms with Crippen LogP contribution >= 0.6 is 0 Å². The van der Waals surface area contributed by atoms with Crippen LogP contribution in [0.2, 0.25) is 0 Å². The molecule has 2 nitrogen and oxygen atoms in total. The normalized spacial score (nSPS) is 13.3. The minimum Gasteiger partial charge on any atom is -0.328 e. The zero-order valence-electron chi connectivity index (χ0n) is 8.39. The highest BCUT2D eigenvalue weighted by molar-refractivity contribution is 5.08. The lowest BCUT2D eigenvalue weighted by Crippen LogP contribution is -2.17. The third kappa shape index (κ3) is 3.05. The Kier molecular flexibility index (Phi) is 2.61. The van der Waals surface area contributed by atoms with Crippen LogP contribution in [0.5, 0.6) is 0 Å². The smallest absolute Gasteiger partial charge is 0.328 e. The molecule has 80 valence electrons. The van der Waals surface area contributed by atoms with E-state index in [9.17, 15) is 13.2 Å². The van der Waals surface area contributed by atoms with Crippen LogP contribution in [0.15, 0.2) is 12.5 Å². The third-order valence-corrected chi connectivity index (χ3v) is 1.76. The number of nitrogens with zero attached hydrogens (tertiary/aromatic N) is 2. The molecule has 0 bridgehead atoms. The summed E-state index contributed by atoms with van der Waals surface area (Å²) >= 11 is 0. The van der Waals surface area contributed by atoms with Gasteiger partial charge in [-0.25, -0.2) is 4.98 Å². The molecule has 1 rings (SSSR count). The molecule has 5 heteroatoms. The van der Waals surface area contributed by atoms with Crippen molar-refractivity contribution in [2.24, 2.45) is 0 Å². The molecule has 0 aliphatic heterocycles. The third-order valence-electron chi connectivity index (χ3n) is 1.76. The van der Waals surface area contributed by atoms with Crippen molar-refractivity contribution in [3.05, 3.63) is 18.2 Å². The molecule has 0 radical (unpaired) electrons. The molecule has 0 aliphatic rings. The van der Waals surface area contributed by atoms with Crippen LogP contribution in [0, 0.1) is 0 Å². The summed E-state index contributed by atoms with van der Waals surface area (Å²) in [5.74, 6) is 0. The quantitative estimate of drug-likeness (QED) is 0.690. The van der Waals surface area contributed by atoms with E-state index in [0.717, 1.165) is 4.57 Å². The van der Waals surface area contributed by atoms with Gasteiger partial charge in [0.1, 0.15) is 6.54 Å². The molecule has 0 spiro atoms. The minimum absolute atomic E-state index is 0.211. The van der Waals surface area contributed by atoms with Gasteiger partial charge in [-0.2, -0.15) is 13.2 Å². The van der Waals surface area contributed by atoms with Crippen LogP contribution < -0.4 is 0 Å². The van der Waals surface area contributed by atoms with Gasteiger partial charge in [0.2, 0.25) is 0 Å². The monoisotopic (exact) mass is 206 g/mol. The molecule has 0 aromatic carbocycles. The van der Waals surface area contributed by atoms with E-state index in [2.05, 4.69) is 4.98 Å². The molecule has 0 saturated carbocycles. The summed E-state index contributed by atoms with van der Waals surface area (Å²) in [4.78, 5) is 3.93. The molecule has 1 heterocycles. The first-order valence-electron chi connectivity index (χ1n) is 4.27. The Morgan fingerprint density at radius 3 is 2.21 bits per heavy atom. The number of alkyl halides is 3. The highest BCUT2D eigenvalue weighted by atomic mass is 19.4. The fourth-order valence-corrected chi connectivity index (χ4v) is 1.04. The van der Waals surface area contributed by atoms with Crippen LogP contribution in [0.25, 0.3) is 0 Å². The average Bonchev–Trinajstić information content (AvgIpc) is 2.29. The van der Waals surface area contributed by atoms with Crippen LogP contribution in [-0.2, 0) is 12.0 Å². The Hall–Kier alpha value is -1.00. The summed E-state index contributed by atoms with van der Waals surface area (Å²) in [6.45, 7) is 4.75. The van der Waals surface area contributed by atoms with Gasteiger partial charge < -0.3 is 4.57 Å². The SMILES string of the molecule is CC(C)(C)c1cn(CC(F)(F)F)cn1. The maximum absolute atomic E-state index is 12.0. The summed E-state index contributed by atoms with van der Waals surface area (Å²) in [6, 6.07) is 0. The lowest BCUT2D eigenvalue weighted by molar-refractivity contribution is -0.140. The second kappa shape index (κ2) is 3.29. The number of hydrogen-bond donors (Lipinski definition) is 0. The molecule has 0 fully saturated rings. The fourth-order valence-electron chi connectivity index (χ4n) is 1.04. The Balaban J connectivity index is 2.79. The second-order valence-electron chi connectivity index (χ2n) is 4.30. The van der Waals surface area contributed by atoms with E-state index < -0.39 is 12.7 Å². The van der Waals surface area contributed by atoms with Crippen molar-refractivity contribution < 1.29 is 13.2 Å². The molecular formula is C9H13F3N2. The molecule has 0 atom stereocenters. The van der Waals surface area contributed by atoms with Gasteiger partial charge in [-0.3, -0.25) is 0 Å². The van der Waals surface area contributed by atoms with Gasteiger partial charge in [0.05, 0.1) is 12.0 Å². The summed E-state index contributed by atoms with van der Waals surface area (Å²) in [7, 11) is 0. The van der Waals surface area contributed by atoms with E-state index in [0.29, 0.717) is 5.69 Å². The van der Waals surface area contributed by atoms with Crippen LogP contribution in [-0.4, -0.2) is 15.7 Å². The summed E-state index contributed by atoms with van der Waals surface area (Å²) in [5.41, 5.74) is 0.457. The Labute approximate surface area is 80.8 Å². The van der Waals surface area contributed by atoms with Gasteiger partial charge in [-0.15, -0.1) is 0 Å². The molecule has 1 aromatic heterocycles. The predicted molar refractivity (Wildman–Crippen MR) is 47.0 cm³/mol. The van der Waals surface area contributed by atoms with Crippen molar-refractivity contribution in [2.45, 2.75) is 38.9 Å². The van der Waals surface area contributed by atoms with Crippen LogP contribution in [0.3, 0.4) is 0 Å². The van der Waals surface area contributed by atoms with Crippen LogP contribution in [0.4, 0.5) is 13.2 Å². The second-order valence-corrected chi connectivity index (χ2v) is 4.30. The first-order valence-corrected chi connectivity index (χ1v) is 4.27. The van der Waals surface area contributed by atoms with Crippen molar-refractivity contribution >= 4 is 0 Å². The van der Waals surface area contributed by atoms with Crippen LogP contribution in [0.1, 0.15) is 26.5 Å². The van der Waals surface area contributed by atoms with Crippen molar-refractivity contribution in [2.75, 3.05) is 0 Å². The number of aromatic nitrogens is 2. The summed E-state index contributed by atoms with van der Waals surface area (Å²) in [5, 5.41) is 0. The molecule has 0 aliphatic carbocycles. The number of hydrogen-bond acceptors (Lipinski definition) is 1. The highest BCUT2D eigenvalue weighted by Crippen LogP contribution is 2.22. The Bertz CT molecular complexity index is 307. The zero-order chi connectivity index (χ0) is 11.0. The van der Waals surface area contributed by atoms with Gasteiger partial charge in [0, 0.05) is 11.6 Å². The van der Waals surface area contributed by atoms with E-state index in [-0.39, 0.29) is 5.41 Å². The first-order chi connectivity index (χ1) is 6.18. The van der Waals surface area contributed by atoms with E-state index in [1.165, 1.54) is 12.5 Å². The van der Waals surface area contributed by atoms with Crippen molar-refractivity contribution in [3.8, 4) is 0 Å². The standard InChI is InChI=1S/C9H13F3N2/c1-8(2,3)7-4-14(6-13-7)5-9(10,11)12/h4,6H,5H2,1-3H3. The van der Waals surface area contributed by atoms with E-state index in [1.807, 2.05) is 20.8 Å². The predicted octanol–water partition coefficient (Wildman–Crippen LogP) is 2.74. The topological polar surface area (TPSA) is 17.8 Å². The maximum atomic E-state index is 12.0. The van der Waals surface area contributed by atoms with Gasteiger partial charge in [-0.05, 0) is 0 Å². The molecule has 1 aromatic rings. The van der Waals surface area contributed by atoms with E-state index in [1.54, 1.807) is 0 Å². The van der Waals surface area contributed by atoms with Gasteiger partial charge in [0.25, 0.3) is 0 Å². The lowest BCUT2D eigenvalue weighted by Gasteiger charge is -2.14. The van der Waals surface area contributed by atoms with Gasteiger partial charge in [0.15, 0.2) is 0 Å². The molecular weight excluding hydrogens is 193 g/mol. The molecule has 0 amide bonds. The zero-order valence-corrected chi connectivity index (χ0v) is 8.39. The lowest BCUT2D eigenvalue weighted by atomic mass is 9.93. The van der Waals surface area contributed by atoms with Gasteiger partial charge in [-0.1, -0.05) is 20.8 Å². The maximum Gasteiger partial charge on any atom is 0.406 e. The Morgan fingerprint density at radius 2 is 1.86 bits per heavy atom. The summed E-state index contributed by atoms with van der Waals surface area (Å²) in [6.07, 6.45) is -1.53. The van der Waals surface area contributed by atoms with E-state index >= 15 is 0 Å². The van der Waals surface area contributed by atoms with Crippen molar-refractivity contribution in [3.63, 3.8) is 0 Å². The molecule has 14 heavy (non-hydrogen) atoms. The van der Waals surface area contributed by atoms with Crippen molar-refractivity contribution in [1.82, 2.24) is 9.55 Å². The average molecular weight is 206 g/mol. The summed E-state index contributed by atoms with van der Waals surface area (Å²) < 4.78 is 37.1. The fraction of sp³-hybridized carbons (Fsp3) is 0.667. The van der Waals surface area contributed by atoms with E-state index in [4.69, 9.17) is 0 Å². The Morgan fingerprint density at radius 1 is 1.29 bits per heavy atom. The highest BCUT2D eigenvalue weighted by Gasteiger charge is 2.28. The largest absolute Gasteiger partial charge is 0.406 e. The minimum atomic E-state index is -4.18. The number of imidazole rings is 1. The van der Waals surface area contributed by atoms with Gasteiger partial charge >= 0.3 is 6.18 Å². The number of rotatable bonds is 1. The van der Waals surface area contributed by atoms with Crippen molar-refractivity contribution in [1.29, 1.82) is 0 Å². The molecule has 0 unspecified atom stereocenters. The molecule has 0 saturated heterocycles. The molecule has 0 N–H and O–H groups in total. The first kappa shape index (κ1) is 11.1. The number of halogens is 3.